The number of carbonyl (C=O) groups excluding carboxylic acids is 1. The first-order chi connectivity index (χ1) is 10.6. The predicted molar refractivity (Wildman–Crippen MR) is 78.1 cm³/mol. The average Bonchev–Trinajstić information content (AvgIpc) is 2.85. The standard InChI is InChI=1S/C16H20F2N2O2/c17-16(18)22-14-3-1-11(2-4-14)15(21)20-7-5-12-9-19-10-13(12)6-8-20/h1-4,12-13,16,19H,5-10H2/t12-,13+. The van der Waals surface area contributed by atoms with Crippen molar-refractivity contribution in [2.24, 2.45) is 11.8 Å². The Hall–Kier alpha value is -1.69. The summed E-state index contributed by atoms with van der Waals surface area (Å²) >= 11 is 0. The van der Waals surface area contributed by atoms with Gasteiger partial charge in [-0.1, -0.05) is 0 Å². The van der Waals surface area contributed by atoms with Gasteiger partial charge in [0, 0.05) is 18.7 Å². The van der Waals surface area contributed by atoms with E-state index in [1.165, 1.54) is 12.1 Å². The molecule has 0 unspecified atom stereocenters. The Kier molecular flexibility index (Phi) is 4.57. The molecular weight excluding hydrogens is 290 g/mol. The molecule has 2 atom stereocenters. The molecule has 0 aromatic heterocycles. The van der Waals surface area contributed by atoms with E-state index < -0.39 is 6.61 Å². The highest BCUT2D eigenvalue weighted by Gasteiger charge is 2.31. The molecule has 1 amide bonds. The zero-order chi connectivity index (χ0) is 15.5. The van der Waals surface area contributed by atoms with Crippen molar-refractivity contribution in [1.82, 2.24) is 10.2 Å². The number of fused-ring (bicyclic) bond motifs is 1. The van der Waals surface area contributed by atoms with Crippen LogP contribution >= 0.6 is 0 Å². The van der Waals surface area contributed by atoms with Crippen LogP contribution in [-0.4, -0.2) is 43.6 Å². The number of alkyl halides is 2. The first-order valence-electron chi connectivity index (χ1n) is 7.68. The van der Waals surface area contributed by atoms with Crippen molar-refractivity contribution in [2.45, 2.75) is 19.5 Å². The maximum absolute atomic E-state index is 12.5. The molecule has 2 fully saturated rings. The van der Waals surface area contributed by atoms with E-state index in [1.807, 2.05) is 4.90 Å². The third-order valence-electron chi connectivity index (χ3n) is 4.63. The van der Waals surface area contributed by atoms with Crippen LogP contribution in [0.2, 0.25) is 0 Å². The third kappa shape index (κ3) is 3.38. The fourth-order valence-electron chi connectivity index (χ4n) is 3.38. The van der Waals surface area contributed by atoms with Crippen molar-refractivity contribution < 1.29 is 18.3 Å². The smallest absolute Gasteiger partial charge is 0.387 e. The van der Waals surface area contributed by atoms with E-state index >= 15 is 0 Å². The molecule has 22 heavy (non-hydrogen) atoms. The lowest BCUT2D eigenvalue weighted by molar-refractivity contribution is -0.0498. The summed E-state index contributed by atoms with van der Waals surface area (Å²) in [6.45, 7) is 0.771. The van der Waals surface area contributed by atoms with Crippen LogP contribution in [0.25, 0.3) is 0 Å². The Morgan fingerprint density at radius 3 is 2.27 bits per heavy atom. The molecule has 0 aliphatic carbocycles. The molecule has 0 radical (unpaired) electrons. The van der Waals surface area contributed by atoms with Gasteiger partial charge in [-0.15, -0.1) is 0 Å². The summed E-state index contributed by atoms with van der Waals surface area (Å²) in [6, 6.07) is 5.92. The second kappa shape index (κ2) is 6.60. The maximum Gasteiger partial charge on any atom is 0.387 e. The van der Waals surface area contributed by atoms with Gasteiger partial charge in [0.05, 0.1) is 0 Å². The number of carbonyl (C=O) groups is 1. The van der Waals surface area contributed by atoms with Crippen LogP contribution in [0.3, 0.4) is 0 Å². The van der Waals surface area contributed by atoms with Crippen molar-refractivity contribution in [3.8, 4) is 5.75 Å². The van der Waals surface area contributed by atoms with E-state index in [0.717, 1.165) is 39.0 Å². The number of likely N-dealkylation sites (tertiary alicyclic amines) is 1. The Morgan fingerprint density at radius 2 is 1.73 bits per heavy atom. The molecule has 0 bridgehead atoms. The van der Waals surface area contributed by atoms with Gasteiger partial charge in [-0.3, -0.25) is 4.79 Å². The molecule has 2 saturated heterocycles. The second-order valence-corrected chi connectivity index (χ2v) is 5.95. The quantitative estimate of drug-likeness (QED) is 0.932. The molecule has 2 aliphatic heterocycles. The minimum atomic E-state index is -2.85. The van der Waals surface area contributed by atoms with Crippen molar-refractivity contribution in [3.05, 3.63) is 29.8 Å². The first-order valence-corrected chi connectivity index (χ1v) is 7.68. The Bertz CT molecular complexity index is 507. The fraction of sp³-hybridized carbons (Fsp3) is 0.562. The summed E-state index contributed by atoms with van der Waals surface area (Å²) in [4.78, 5) is 14.4. The normalized spacial score (nSPS) is 25.0. The first kappa shape index (κ1) is 15.2. The zero-order valence-electron chi connectivity index (χ0n) is 12.3. The molecule has 1 N–H and O–H groups in total. The molecule has 2 aliphatic rings. The van der Waals surface area contributed by atoms with E-state index in [1.54, 1.807) is 12.1 Å². The fourth-order valence-corrected chi connectivity index (χ4v) is 3.38. The summed E-state index contributed by atoms with van der Waals surface area (Å²) in [5.41, 5.74) is 0.520. The van der Waals surface area contributed by atoms with E-state index in [4.69, 9.17) is 0 Å². The van der Waals surface area contributed by atoms with Crippen LogP contribution in [0.15, 0.2) is 24.3 Å². The van der Waals surface area contributed by atoms with Crippen LogP contribution in [0.4, 0.5) is 8.78 Å². The molecule has 0 saturated carbocycles. The van der Waals surface area contributed by atoms with E-state index in [0.29, 0.717) is 17.4 Å². The average molecular weight is 310 g/mol. The molecule has 120 valence electrons. The van der Waals surface area contributed by atoms with E-state index in [-0.39, 0.29) is 11.7 Å². The van der Waals surface area contributed by atoms with Gasteiger partial charge in [0.1, 0.15) is 5.75 Å². The number of hydrogen-bond donors (Lipinski definition) is 1. The minimum absolute atomic E-state index is 0.0310. The lowest BCUT2D eigenvalue weighted by Crippen LogP contribution is -2.32. The van der Waals surface area contributed by atoms with Gasteiger partial charge in [-0.05, 0) is 62.0 Å². The largest absolute Gasteiger partial charge is 0.435 e. The second-order valence-electron chi connectivity index (χ2n) is 5.95. The Labute approximate surface area is 128 Å². The highest BCUT2D eigenvalue weighted by molar-refractivity contribution is 5.94. The predicted octanol–water partition coefficient (Wildman–Crippen LogP) is 2.36. The Morgan fingerprint density at radius 1 is 1.14 bits per heavy atom. The zero-order valence-corrected chi connectivity index (χ0v) is 12.3. The third-order valence-corrected chi connectivity index (χ3v) is 4.63. The summed E-state index contributed by atoms with van der Waals surface area (Å²) in [7, 11) is 0. The molecule has 1 aromatic carbocycles. The number of nitrogens with zero attached hydrogens (tertiary/aromatic N) is 1. The number of amides is 1. The lowest BCUT2D eigenvalue weighted by atomic mass is 9.92. The minimum Gasteiger partial charge on any atom is -0.435 e. The van der Waals surface area contributed by atoms with Crippen LogP contribution in [-0.2, 0) is 0 Å². The van der Waals surface area contributed by atoms with Gasteiger partial charge in [0.25, 0.3) is 5.91 Å². The Balaban J connectivity index is 1.63. The van der Waals surface area contributed by atoms with Crippen molar-refractivity contribution in [3.63, 3.8) is 0 Å². The number of benzene rings is 1. The highest BCUT2D eigenvalue weighted by Crippen LogP contribution is 2.27. The number of rotatable bonds is 3. The van der Waals surface area contributed by atoms with E-state index in [9.17, 15) is 13.6 Å². The molecule has 2 heterocycles. The molecule has 6 heteroatoms. The topological polar surface area (TPSA) is 41.6 Å². The van der Waals surface area contributed by atoms with Gasteiger partial charge in [0.15, 0.2) is 0 Å². The van der Waals surface area contributed by atoms with Crippen LogP contribution in [0.5, 0.6) is 5.75 Å². The van der Waals surface area contributed by atoms with Crippen LogP contribution in [0, 0.1) is 11.8 Å². The van der Waals surface area contributed by atoms with Gasteiger partial charge >= 0.3 is 6.61 Å². The number of hydrogen-bond acceptors (Lipinski definition) is 3. The van der Waals surface area contributed by atoms with E-state index in [2.05, 4.69) is 10.1 Å². The number of ether oxygens (including phenoxy) is 1. The van der Waals surface area contributed by atoms with Gasteiger partial charge in [0.2, 0.25) is 0 Å². The molecule has 3 rings (SSSR count). The van der Waals surface area contributed by atoms with Crippen molar-refractivity contribution in [2.75, 3.05) is 26.2 Å². The summed E-state index contributed by atoms with van der Waals surface area (Å²) in [5.74, 6) is 1.37. The van der Waals surface area contributed by atoms with Gasteiger partial charge < -0.3 is 15.0 Å². The van der Waals surface area contributed by atoms with Gasteiger partial charge in [-0.25, -0.2) is 0 Å². The summed E-state index contributed by atoms with van der Waals surface area (Å²) < 4.78 is 28.6. The van der Waals surface area contributed by atoms with Crippen LogP contribution in [0.1, 0.15) is 23.2 Å². The molecule has 1 aromatic rings. The van der Waals surface area contributed by atoms with Gasteiger partial charge in [-0.2, -0.15) is 8.78 Å². The number of nitrogens with one attached hydrogen (secondary N) is 1. The molecule has 4 nitrogen and oxygen atoms in total. The van der Waals surface area contributed by atoms with Crippen molar-refractivity contribution >= 4 is 5.91 Å². The molecule has 0 spiro atoms. The summed E-state index contributed by atoms with van der Waals surface area (Å²) in [5, 5.41) is 3.41. The lowest BCUT2D eigenvalue weighted by Gasteiger charge is -2.21. The van der Waals surface area contributed by atoms with Crippen molar-refractivity contribution in [1.29, 1.82) is 0 Å². The maximum atomic E-state index is 12.5. The number of halogens is 2. The SMILES string of the molecule is O=C(c1ccc(OC(F)F)cc1)N1CC[C@@H]2CNC[C@@H]2CC1. The van der Waals surface area contributed by atoms with Crippen LogP contribution < -0.4 is 10.1 Å². The monoisotopic (exact) mass is 310 g/mol. The summed E-state index contributed by atoms with van der Waals surface area (Å²) in [6.07, 6.45) is 2.05. The molecular formula is C16H20F2N2O2. The highest BCUT2D eigenvalue weighted by atomic mass is 19.3.